The maximum atomic E-state index is 12.1. The fourth-order valence-corrected chi connectivity index (χ4v) is 2.92. The smallest absolute Gasteiger partial charge is 0.251 e. The number of benzene rings is 1. The number of nitrogens with one attached hydrogen (secondary N) is 2. The Morgan fingerprint density at radius 1 is 1.23 bits per heavy atom. The Kier molecular flexibility index (Phi) is 10.3. The van der Waals surface area contributed by atoms with E-state index in [2.05, 4.69) is 20.5 Å². The van der Waals surface area contributed by atoms with Crippen molar-refractivity contribution in [1.29, 1.82) is 0 Å². The molecule has 2 N–H and O–H groups in total. The summed E-state index contributed by atoms with van der Waals surface area (Å²) < 4.78 is 10.3. The van der Waals surface area contributed by atoms with Crippen LogP contribution in [0.5, 0.6) is 5.75 Å². The lowest BCUT2D eigenvalue weighted by atomic mass is 10.1. The van der Waals surface area contributed by atoms with E-state index >= 15 is 0 Å². The molecule has 1 atom stereocenters. The topological polar surface area (TPSA) is 75.2 Å². The normalized spacial score (nSPS) is 16.8. The van der Waals surface area contributed by atoms with E-state index in [9.17, 15) is 4.79 Å². The van der Waals surface area contributed by atoms with E-state index in [0.717, 1.165) is 37.8 Å². The molecular weight excluding hydrogens is 447 g/mol. The van der Waals surface area contributed by atoms with E-state index in [-0.39, 0.29) is 29.9 Å². The van der Waals surface area contributed by atoms with Crippen molar-refractivity contribution < 1.29 is 14.3 Å². The lowest BCUT2D eigenvalue weighted by molar-refractivity contribution is 0.0954. The first-order valence-corrected chi connectivity index (χ1v) is 8.54. The van der Waals surface area contributed by atoms with Crippen molar-refractivity contribution >= 4 is 35.8 Å². The summed E-state index contributed by atoms with van der Waals surface area (Å²) in [5, 5.41) is 6.20. The van der Waals surface area contributed by atoms with Crippen LogP contribution in [-0.2, 0) is 4.74 Å². The molecule has 0 spiro atoms. The maximum absolute atomic E-state index is 12.1. The molecule has 0 aliphatic carbocycles. The predicted octanol–water partition coefficient (Wildman–Crippen LogP) is 1.59. The minimum atomic E-state index is -0.0965. The quantitative estimate of drug-likeness (QED) is 0.271. The zero-order chi connectivity index (χ0) is 18.1. The van der Waals surface area contributed by atoms with Crippen LogP contribution >= 0.6 is 24.0 Å². The van der Waals surface area contributed by atoms with Gasteiger partial charge in [-0.1, -0.05) is 0 Å². The third-order valence-electron chi connectivity index (χ3n) is 4.25. The summed E-state index contributed by atoms with van der Waals surface area (Å²) in [4.78, 5) is 18.6. The second-order valence-electron chi connectivity index (χ2n) is 6.01. The van der Waals surface area contributed by atoms with Gasteiger partial charge in [0.05, 0.1) is 13.7 Å². The van der Waals surface area contributed by atoms with E-state index < -0.39 is 0 Å². The molecule has 1 aromatic carbocycles. The zero-order valence-corrected chi connectivity index (χ0v) is 18.0. The minimum Gasteiger partial charge on any atom is -0.497 e. The molecule has 8 heteroatoms. The Labute approximate surface area is 172 Å². The Morgan fingerprint density at radius 2 is 1.92 bits per heavy atom. The second kappa shape index (κ2) is 11.9. The number of amides is 1. The highest BCUT2D eigenvalue weighted by molar-refractivity contribution is 14.0. The van der Waals surface area contributed by atoms with Gasteiger partial charge in [-0.05, 0) is 30.7 Å². The summed E-state index contributed by atoms with van der Waals surface area (Å²) in [5.41, 5.74) is 0.618. The number of likely N-dealkylation sites (tertiary alicyclic amines) is 1. The van der Waals surface area contributed by atoms with Crippen molar-refractivity contribution in [1.82, 2.24) is 15.5 Å². The maximum Gasteiger partial charge on any atom is 0.251 e. The average molecular weight is 476 g/mol. The first-order valence-electron chi connectivity index (χ1n) is 8.54. The number of guanidine groups is 1. The number of aliphatic imine (C=N–C) groups is 1. The first kappa shape index (κ1) is 22.5. The van der Waals surface area contributed by atoms with Crippen LogP contribution in [-0.4, -0.2) is 70.8 Å². The molecule has 146 valence electrons. The summed E-state index contributed by atoms with van der Waals surface area (Å²) in [5.74, 6) is 2.07. The van der Waals surface area contributed by atoms with Crippen molar-refractivity contribution in [3.05, 3.63) is 29.8 Å². The highest BCUT2D eigenvalue weighted by Crippen LogP contribution is 2.16. The fourth-order valence-electron chi connectivity index (χ4n) is 2.92. The van der Waals surface area contributed by atoms with Gasteiger partial charge in [0.25, 0.3) is 5.91 Å². The van der Waals surface area contributed by atoms with E-state index in [1.54, 1.807) is 45.5 Å². The van der Waals surface area contributed by atoms with Crippen molar-refractivity contribution in [3.63, 3.8) is 0 Å². The van der Waals surface area contributed by atoms with E-state index in [4.69, 9.17) is 9.47 Å². The highest BCUT2D eigenvalue weighted by Gasteiger charge is 2.24. The number of carbonyl (C=O) groups excluding carboxylic acids is 1. The summed E-state index contributed by atoms with van der Waals surface area (Å²) in [6.45, 7) is 3.86. The van der Waals surface area contributed by atoms with Gasteiger partial charge in [0.2, 0.25) is 0 Å². The Morgan fingerprint density at radius 3 is 2.54 bits per heavy atom. The van der Waals surface area contributed by atoms with Gasteiger partial charge < -0.3 is 25.0 Å². The van der Waals surface area contributed by atoms with Crippen LogP contribution in [0.3, 0.4) is 0 Å². The van der Waals surface area contributed by atoms with Crippen molar-refractivity contribution in [2.24, 2.45) is 10.9 Å². The van der Waals surface area contributed by atoms with Crippen LogP contribution in [0.1, 0.15) is 16.8 Å². The number of halogens is 1. The standard InChI is InChI=1S/C18H28N4O3.HI/c1-19-18(22-11-8-14(12-22)13-24-2)21-10-9-20-17(23)15-4-6-16(25-3)7-5-15;/h4-7,14H,8-13H2,1-3H3,(H,19,21)(H,20,23);1H. The molecular formula is C18H29IN4O3. The number of ether oxygens (including phenoxy) is 2. The van der Waals surface area contributed by atoms with Gasteiger partial charge in [0.1, 0.15) is 5.75 Å². The lowest BCUT2D eigenvalue weighted by Crippen LogP contribution is -2.43. The van der Waals surface area contributed by atoms with Crippen molar-refractivity contribution in [3.8, 4) is 5.75 Å². The summed E-state index contributed by atoms with van der Waals surface area (Å²) in [6, 6.07) is 7.05. The Hall–Kier alpha value is -1.55. The molecule has 1 aromatic rings. The molecule has 0 saturated carbocycles. The molecule has 2 rings (SSSR count). The van der Waals surface area contributed by atoms with Gasteiger partial charge in [0, 0.05) is 51.8 Å². The molecule has 26 heavy (non-hydrogen) atoms. The Bertz CT molecular complexity index is 580. The number of nitrogens with zero attached hydrogens (tertiary/aromatic N) is 2. The van der Waals surface area contributed by atoms with Crippen molar-refractivity contribution in [2.45, 2.75) is 6.42 Å². The molecule has 1 aliphatic heterocycles. The molecule has 1 saturated heterocycles. The van der Waals surface area contributed by atoms with Crippen LogP contribution in [0.25, 0.3) is 0 Å². The number of hydrogen-bond acceptors (Lipinski definition) is 4. The van der Waals surface area contributed by atoms with E-state index in [1.807, 2.05) is 0 Å². The molecule has 1 unspecified atom stereocenters. The Balaban J connectivity index is 0.00000338. The van der Waals surface area contributed by atoms with Gasteiger partial charge in [-0.3, -0.25) is 9.79 Å². The summed E-state index contributed by atoms with van der Waals surface area (Å²) in [6.07, 6.45) is 1.11. The van der Waals surface area contributed by atoms with E-state index in [1.165, 1.54) is 0 Å². The van der Waals surface area contributed by atoms with Crippen LogP contribution in [0.2, 0.25) is 0 Å². The zero-order valence-electron chi connectivity index (χ0n) is 15.7. The van der Waals surface area contributed by atoms with Gasteiger partial charge in [-0.2, -0.15) is 0 Å². The first-order chi connectivity index (χ1) is 12.2. The van der Waals surface area contributed by atoms with Crippen molar-refractivity contribution in [2.75, 3.05) is 54.1 Å². The van der Waals surface area contributed by atoms with Crippen LogP contribution in [0.15, 0.2) is 29.3 Å². The van der Waals surface area contributed by atoms with Crippen LogP contribution in [0.4, 0.5) is 0 Å². The monoisotopic (exact) mass is 476 g/mol. The number of hydrogen-bond donors (Lipinski definition) is 2. The molecule has 0 bridgehead atoms. The molecule has 7 nitrogen and oxygen atoms in total. The molecule has 1 aliphatic rings. The highest BCUT2D eigenvalue weighted by atomic mass is 127. The molecule has 0 aromatic heterocycles. The number of methoxy groups -OCH3 is 2. The van der Waals surface area contributed by atoms with Gasteiger partial charge in [0.15, 0.2) is 5.96 Å². The number of carbonyl (C=O) groups is 1. The third-order valence-corrected chi connectivity index (χ3v) is 4.25. The minimum absolute atomic E-state index is 0. The van der Waals surface area contributed by atoms with Crippen LogP contribution in [0, 0.1) is 5.92 Å². The molecule has 1 heterocycles. The second-order valence-corrected chi connectivity index (χ2v) is 6.01. The lowest BCUT2D eigenvalue weighted by Gasteiger charge is -2.21. The van der Waals surface area contributed by atoms with Gasteiger partial charge in [-0.25, -0.2) is 0 Å². The van der Waals surface area contributed by atoms with Gasteiger partial charge in [-0.15, -0.1) is 24.0 Å². The SMILES string of the molecule is CN=C(NCCNC(=O)c1ccc(OC)cc1)N1CCC(COC)C1.I. The molecule has 1 fully saturated rings. The number of rotatable bonds is 7. The largest absolute Gasteiger partial charge is 0.497 e. The molecule has 0 radical (unpaired) electrons. The average Bonchev–Trinajstić information content (AvgIpc) is 3.10. The van der Waals surface area contributed by atoms with E-state index in [0.29, 0.717) is 24.6 Å². The summed E-state index contributed by atoms with van der Waals surface area (Å²) >= 11 is 0. The molecule has 1 amide bonds. The van der Waals surface area contributed by atoms with Gasteiger partial charge >= 0.3 is 0 Å². The predicted molar refractivity (Wildman–Crippen MR) is 114 cm³/mol. The summed E-state index contributed by atoms with van der Waals surface area (Å²) in [7, 11) is 5.12. The third kappa shape index (κ3) is 6.64. The van der Waals surface area contributed by atoms with Crippen LogP contribution < -0.4 is 15.4 Å². The fraction of sp³-hybridized carbons (Fsp3) is 0.556.